The normalized spacial score (nSPS) is 15.6. The second-order valence-corrected chi connectivity index (χ2v) is 4.60. The predicted molar refractivity (Wildman–Crippen MR) is 67.1 cm³/mol. The molecule has 0 saturated carbocycles. The fraction of sp³-hybridized carbons (Fsp3) is 1.00. The lowest BCUT2D eigenvalue weighted by atomic mass is 9.97. The highest BCUT2D eigenvalue weighted by molar-refractivity contribution is 4.64. The lowest BCUT2D eigenvalue weighted by molar-refractivity contribution is 0.118. The quantitative estimate of drug-likeness (QED) is 0.639. The van der Waals surface area contributed by atoms with Gasteiger partial charge in [-0.3, -0.25) is 0 Å². The van der Waals surface area contributed by atoms with Gasteiger partial charge in [0.15, 0.2) is 0 Å². The van der Waals surface area contributed by atoms with Crippen LogP contribution in [0.1, 0.15) is 53.4 Å². The van der Waals surface area contributed by atoms with Crippen LogP contribution in [0.4, 0.5) is 0 Å². The topological polar surface area (TPSA) is 23.5 Å². The molecule has 0 bridgehead atoms. The molecule has 0 radical (unpaired) electrons. The van der Waals surface area contributed by atoms with Gasteiger partial charge < -0.3 is 10.0 Å². The van der Waals surface area contributed by atoms with E-state index in [1.54, 1.807) is 0 Å². The average Bonchev–Trinajstić information content (AvgIpc) is 2.19. The Balaban J connectivity index is 3.59. The first-order valence-corrected chi connectivity index (χ1v) is 6.54. The van der Waals surface area contributed by atoms with Gasteiger partial charge in [-0.2, -0.15) is 0 Å². The molecule has 0 aliphatic heterocycles. The maximum Gasteiger partial charge on any atom is 0.0555 e. The van der Waals surface area contributed by atoms with E-state index in [1.807, 2.05) is 0 Å². The zero-order valence-electron chi connectivity index (χ0n) is 11.0. The maximum absolute atomic E-state index is 9.86. The van der Waals surface area contributed by atoms with Crippen molar-refractivity contribution in [2.24, 2.45) is 5.92 Å². The molecule has 0 aromatic rings. The first-order valence-electron chi connectivity index (χ1n) is 6.54. The van der Waals surface area contributed by atoms with Crippen molar-refractivity contribution >= 4 is 0 Å². The van der Waals surface area contributed by atoms with Crippen LogP contribution in [0.5, 0.6) is 0 Å². The minimum Gasteiger partial charge on any atom is -0.393 e. The fourth-order valence-corrected chi connectivity index (χ4v) is 2.06. The standard InChI is InChI=1S/C13H29NO/c1-5-8-12(4)11-13(15)9-10-14(6-2)7-3/h12-13,15H,5-11H2,1-4H3. The van der Waals surface area contributed by atoms with Gasteiger partial charge >= 0.3 is 0 Å². The second kappa shape index (κ2) is 9.17. The predicted octanol–water partition coefficient (Wildman–Crippen LogP) is 2.91. The highest BCUT2D eigenvalue weighted by Gasteiger charge is 2.10. The van der Waals surface area contributed by atoms with Crippen molar-refractivity contribution in [2.45, 2.75) is 59.5 Å². The van der Waals surface area contributed by atoms with Crippen molar-refractivity contribution in [3.8, 4) is 0 Å². The molecule has 0 rings (SSSR count). The Kier molecular flexibility index (Phi) is 9.12. The summed E-state index contributed by atoms with van der Waals surface area (Å²) in [6, 6.07) is 0. The van der Waals surface area contributed by atoms with Crippen molar-refractivity contribution in [2.75, 3.05) is 19.6 Å². The SMILES string of the molecule is CCCC(C)CC(O)CCN(CC)CC. The van der Waals surface area contributed by atoms with Gasteiger partial charge in [-0.1, -0.05) is 40.5 Å². The molecule has 2 atom stereocenters. The molecular formula is C13H29NO. The van der Waals surface area contributed by atoms with Gasteiger partial charge in [-0.15, -0.1) is 0 Å². The third-order valence-corrected chi connectivity index (χ3v) is 3.13. The number of rotatable bonds is 9. The molecule has 0 saturated heterocycles. The molecule has 0 aliphatic carbocycles. The van der Waals surface area contributed by atoms with Crippen LogP contribution in [-0.4, -0.2) is 35.7 Å². The summed E-state index contributed by atoms with van der Waals surface area (Å²) in [5, 5.41) is 9.86. The fourth-order valence-electron chi connectivity index (χ4n) is 2.06. The van der Waals surface area contributed by atoms with Crippen molar-refractivity contribution in [1.82, 2.24) is 4.90 Å². The van der Waals surface area contributed by atoms with Gasteiger partial charge in [-0.25, -0.2) is 0 Å². The Morgan fingerprint density at radius 2 is 1.67 bits per heavy atom. The summed E-state index contributed by atoms with van der Waals surface area (Å²) in [6.07, 6.45) is 4.25. The number of aliphatic hydroxyl groups excluding tert-OH is 1. The third kappa shape index (κ3) is 7.80. The number of hydrogen-bond donors (Lipinski definition) is 1. The van der Waals surface area contributed by atoms with Gasteiger partial charge in [0.25, 0.3) is 0 Å². The molecule has 0 amide bonds. The minimum absolute atomic E-state index is 0.104. The van der Waals surface area contributed by atoms with Gasteiger partial charge in [0, 0.05) is 6.54 Å². The number of aliphatic hydroxyl groups is 1. The van der Waals surface area contributed by atoms with E-state index in [4.69, 9.17) is 0 Å². The summed E-state index contributed by atoms with van der Waals surface area (Å²) in [5.74, 6) is 0.668. The highest BCUT2D eigenvalue weighted by Crippen LogP contribution is 2.14. The molecule has 0 heterocycles. The van der Waals surface area contributed by atoms with E-state index < -0.39 is 0 Å². The molecule has 2 unspecified atom stereocenters. The first kappa shape index (κ1) is 14.9. The van der Waals surface area contributed by atoms with E-state index in [9.17, 15) is 5.11 Å². The molecule has 0 aromatic heterocycles. The summed E-state index contributed by atoms with van der Waals surface area (Å²) < 4.78 is 0. The van der Waals surface area contributed by atoms with E-state index in [0.717, 1.165) is 32.5 Å². The molecule has 15 heavy (non-hydrogen) atoms. The third-order valence-electron chi connectivity index (χ3n) is 3.13. The van der Waals surface area contributed by atoms with Gasteiger partial charge in [-0.05, 0) is 31.8 Å². The maximum atomic E-state index is 9.86. The number of hydrogen-bond acceptors (Lipinski definition) is 2. The van der Waals surface area contributed by atoms with Crippen molar-refractivity contribution in [3.05, 3.63) is 0 Å². The number of nitrogens with zero attached hydrogens (tertiary/aromatic N) is 1. The smallest absolute Gasteiger partial charge is 0.0555 e. The van der Waals surface area contributed by atoms with Gasteiger partial charge in [0.1, 0.15) is 0 Å². The van der Waals surface area contributed by atoms with E-state index >= 15 is 0 Å². The minimum atomic E-state index is -0.104. The Hall–Kier alpha value is -0.0800. The Bertz CT molecular complexity index is 134. The van der Waals surface area contributed by atoms with E-state index in [2.05, 4.69) is 32.6 Å². The second-order valence-electron chi connectivity index (χ2n) is 4.60. The summed E-state index contributed by atoms with van der Waals surface area (Å²) in [6.45, 7) is 12.0. The summed E-state index contributed by atoms with van der Waals surface area (Å²) in [4.78, 5) is 2.37. The van der Waals surface area contributed by atoms with Crippen molar-refractivity contribution in [1.29, 1.82) is 0 Å². The van der Waals surface area contributed by atoms with Crippen LogP contribution in [0.3, 0.4) is 0 Å². The lowest BCUT2D eigenvalue weighted by Gasteiger charge is -2.21. The molecule has 0 aliphatic rings. The van der Waals surface area contributed by atoms with Crippen molar-refractivity contribution < 1.29 is 5.11 Å². The Labute approximate surface area is 95.7 Å². The zero-order chi connectivity index (χ0) is 11.7. The lowest BCUT2D eigenvalue weighted by Crippen LogP contribution is -2.27. The summed E-state index contributed by atoms with van der Waals surface area (Å²) in [7, 11) is 0. The average molecular weight is 215 g/mol. The summed E-state index contributed by atoms with van der Waals surface area (Å²) in [5.41, 5.74) is 0. The summed E-state index contributed by atoms with van der Waals surface area (Å²) >= 11 is 0. The largest absolute Gasteiger partial charge is 0.393 e. The van der Waals surface area contributed by atoms with Crippen LogP contribution < -0.4 is 0 Å². The molecular weight excluding hydrogens is 186 g/mol. The van der Waals surface area contributed by atoms with Crippen LogP contribution in [0.15, 0.2) is 0 Å². The van der Waals surface area contributed by atoms with Crippen LogP contribution in [0.25, 0.3) is 0 Å². The van der Waals surface area contributed by atoms with Crippen LogP contribution in [0.2, 0.25) is 0 Å². The molecule has 92 valence electrons. The Morgan fingerprint density at radius 3 is 2.13 bits per heavy atom. The molecule has 2 nitrogen and oxygen atoms in total. The molecule has 1 N–H and O–H groups in total. The Morgan fingerprint density at radius 1 is 1.07 bits per heavy atom. The zero-order valence-corrected chi connectivity index (χ0v) is 11.0. The molecule has 0 fully saturated rings. The monoisotopic (exact) mass is 215 g/mol. The van der Waals surface area contributed by atoms with Crippen LogP contribution in [-0.2, 0) is 0 Å². The van der Waals surface area contributed by atoms with Gasteiger partial charge in [0.05, 0.1) is 6.10 Å². The van der Waals surface area contributed by atoms with Crippen LogP contribution >= 0.6 is 0 Å². The van der Waals surface area contributed by atoms with Gasteiger partial charge in [0.2, 0.25) is 0 Å². The first-order chi connectivity index (χ1) is 7.13. The van der Waals surface area contributed by atoms with Crippen LogP contribution in [0, 0.1) is 5.92 Å². The molecule has 2 heteroatoms. The van der Waals surface area contributed by atoms with E-state index in [1.165, 1.54) is 12.8 Å². The molecule has 0 aromatic carbocycles. The van der Waals surface area contributed by atoms with E-state index in [-0.39, 0.29) is 6.10 Å². The highest BCUT2D eigenvalue weighted by atomic mass is 16.3. The van der Waals surface area contributed by atoms with E-state index in [0.29, 0.717) is 5.92 Å². The molecule has 0 spiro atoms. The van der Waals surface area contributed by atoms with Crippen molar-refractivity contribution in [3.63, 3.8) is 0 Å².